The van der Waals surface area contributed by atoms with Crippen molar-refractivity contribution in [3.8, 4) is 0 Å². The molecule has 0 atom stereocenters. The van der Waals surface area contributed by atoms with Gasteiger partial charge in [-0.3, -0.25) is 4.68 Å². The summed E-state index contributed by atoms with van der Waals surface area (Å²) in [6, 6.07) is 6.04. The summed E-state index contributed by atoms with van der Waals surface area (Å²) in [6.07, 6.45) is 3.71. The fourth-order valence-corrected chi connectivity index (χ4v) is 1.95. The number of hydrogen-bond donors (Lipinski definition) is 0. The van der Waals surface area contributed by atoms with E-state index < -0.39 is 0 Å². The van der Waals surface area contributed by atoms with Crippen LogP contribution in [0.25, 0.3) is 0 Å². The Labute approximate surface area is 105 Å². The lowest BCUT2D eigenvalue weighted by atomic mass is 10.1. The predicted molar refractivity (Wildman–Crippen MR) is 67.1 cm³/mol. The van der Waals surface area contributed by atoms with Crippen molar-refractivity contribution in [1.82, 2.24) is 9.78 Å². The number of alkyl halides is 1. The van der Waals surface area contributed by atoms with Gasteiger partial charge >= 0.3 is 0 Å². The van der Waals surface area contributed by atoms with Gasteiger partial charge in [0.15, 0.2) is 0 Å². The number of rotatable bonds is 3. The van der Waals surface area contributed by atoms with E-state index in [1.165, 1.54) is 0 Å². The fourth-order valence-electron chi connectivity index (χ4n) is 1.52. The van der Waals surface area contributed by atoms with Gasteiger partial charge in [0.05, 0.1) is 18.6 Å². The zero-order valence-electron chi connectivity index (χ0n) is 8.95. The highest BCUT2D eigenvalue weighted by molar-refractivity contribution is 6.31. The number of nitrogens with zero attached hydrogens (tertiary/aromatic N) is 2. The van der Waals surface area contributed by atoms with Crippen LogP contribution in [0.2, 0.25) is 5.02 Å². The molecular weight excluding hydrogens is 243 g/mol. The molecule has 1 aromatic carbocycles. The minimum atomic E-state index is 0.488. The third kappa shape index (κ3) is 2.57. The van der Waals surface area contributed by atoms with Crippen LogP contribution in [0.1, 0.15) is 16.7 Å². The molecule has 0 spiro atoms. The number of halogens is 2. The Morgan fingerprint density at radius 2 is 2.19 bits per heavy atom. The summed E-state index contributed by atoms with van der Waals surface area (Å²) in [5, 5.41) is 5.00. The second-order valence-corrected chi connectivity index (χ2v) is 4.45. The zero-order chi connectivity index (χ0) is 11.5. The maximum Gasteiger partial charge on any atom is 0.0674 e. The quantitative estimate of drug-likeness (QED) is 0.766. The lowest BCUT2D eigenvalue weighted by molar-refractivity contribution is 0.686. The molecule has 0 bridgehead atoms. The summed E-state index contributed by atoms with van der Waals surface area (Å²) in [4.78, 5) is 0. The molecule has 0 N–H and O–H groups in total. The topological polar surface area (TPSA) is 17.8 Å². The van der Waals surface area contributed by atoms with Gasteiger partial charge in [0.1, 0.15) is 0 Å². The molecule has 0 fully saturated rings. The maximum absolute atomic E-state index is 6.15. The van der Waals surface area contributed by atoms with E-state index in [2.05, 4.69) is 5.10 Å². The highest BCUT2D eigenvalue weighted by Gasteiger charge is 2.03. The molecule has 0 unspecified atom stereocenters. The van der Waals surface area contributed by atoms with Crippen molar-refractivity contribution in [2.75, 3.05) is 0 Å². The summed E-state index contributed by atoms with van der Waals surface area (Å²) >= 11 is 11.9. The van der Waals surface area contributed by atoms with Crippen molar-refractivity contribution in [1.29, 1.82) is 0 Å². The van der Waals surface area contributed by atoms with E-state index in [1.54, 1.807) is 6.20 Å². The normalized spacial score (nSPS) is 10.7. The van der Waals surface area contributed by atoms with E-state index in [9.17, 15) is 0 Å². The Balaban J connectivity index is 2.20. The van der Waals surface area contributed by atoms with Crippen LogP contribution in [-0.4, -0.2) is 9.78 Å². The van der Waals surface area contributed by atoms with Gasteiger partial charge in [-0.1, -0.05) is 23.7 Å². The molecule has 2 aromatic rings. The molecule has 1 heterocycles. The van der Waals surface area contributed by atoms with Crippen LogP contribution in [0.5, 0.6) is 0 Å². The molecule has 16 heavy (non-hydrogen) atoms. The van der Waals surface area contributed by atoms with Crippen LogP contribution in [0.15, 0.2) is 30.6 Å². The van der Waals surface area contributed by atoms with Gasteiger partial charge in [-0.25, -0.2) is 0 Å². The molecule has 0 saturated heterocycles. The third-order valence-electron chi connectivity index (χ3n) is 2.38. The number of benzene rings is 1. The number of aromatic nitrogens is 2. The Morgan fingerprint density at radius 1 is 1.38 bits per heavy atom. The lowest BCUT2D eigenvalue weighted by Gasteiger charge is -2.05. The molecule has 0 aliphatic rings. The second kappa shape index (κ2) is 4.89. The van der Waals surface area contributed by atoms with Crippen molar-refractivity contribution < 1.29 is 0 Å². The van der Waals surface area contributed by atoms with E-state index in [-0.39, 0.29) is 0 Å². The first-order valence-electron chi connectivity index (χ1n) is 5.01. The van der Waals surface area contributed by atoms with Gasteiger partial charge < -0.3 is 0 Å². The van der Waals surface area contributed by atoms with Crippen LogP contribution in [0, 0.1) is 6.92 Å². The van der Waals surface area contributed by atoms with Crippen molar-refractivity contribution in [3.63, 3.8) is 0 Å². The SMILES string of the molecule is Cc1ccc(Cn2cc(CCl)cn2)c(Cl)c1. The van der Waals surface area contributed by atoms with Crippen LogP contribution >= 0.6 is 23.2 Å². The molecule has 1 aromatic heterocycles. The Hall–Kier alpha value is -0.990. The summed E-state index contributed by atoms with van der Waals surface area (Å²) in [5.74, 6) is 0.488. The predicted octanol–water partition coefficient (Wildman–Crippen LogP) is 3.63. The molecule has 4 heteroatoms. The van der Waals surface area contributed by atoms with E-state index in [4.69, 9.17) is 23.2 Å². The Morgan fingerprint density at radius 3 is 2.81 bits per heavy atom. The van der Waals surface area contributed by atoms with E-state index in [1.807, 2.05) is 36.0 Å². The molecule has 0 saturated carbocycles. The summed E-state index contributed by atoms with van der Waals surface area (Å²) in [6.45, 7) is 2.70. The second-order valence-electron chi connectivity index (χ2n) is 3.77. The molecular formula is C12H12Cl2N2. The monoisotopic (exact) mass is 254 g/mol. The smallest absolute Gasteiger partial charge is 0.0674 e. The van der Waals surface area contributed by atoms with Gasteiger partial charge in [-0.2, -0.15) is 5.10 Å². The minimum absolute atomic E-state index is 0.488. The van der Waals surface area contributed by atoms with Crippen molar-refractivity contribution in [3.05, 3.63) is 52.3 Å². The van der Waals surface area contributed by atoms with Crippen molar-refractivity contribution in [2.24, 2.45) is 0 Å². The highest BCUT2D eigenvalue weighted by atomic mass is 35.5. The van der Waals surface area contributed by atoms with Gasteiger partial charge in [0.2, 0.25) is 0 Å². The molecule has 0 radical (unpaired) electrons. The number of hydrogen-bond acceptors (Lipinski definition) is 1. The van der Waals surface area contributed by atoms with Gasteiger partial charge in [0.25, 0.3) is 0 Å². The van der Waals surface area contributed by atoms with Crippen LogP contribution in [-0.2, 0) is 12.4 Å². The minimum Gasteiger partial charge on any atom is -0.268 e. The van der Waals surface area contributed by atoms with Gasteiger partial charge in [0, 0.05) is 16.8 Å². The lowest BCUT2D eigenvalue weighted by Crippen LogP contribution is -2.00. The summed E-state index contributed by atoms with van der Waals surface area (Å²) in [7, 11) is 0. The van der Waals surface area contributed by atoms with E-state index >= 15 is 0 Å². The Kier molecular flexibility index (Phi) is 3.52. The van der Waals surface area contributed by atoms with E-state index in [0.717, 1.165) is 21.7 Å². The fraction of sp³-hybridized carbons (Fsp3) is 0.250. The van der Waals surface area contributed by atoms with Crippen LogP contribution in [0.4, 0.5) is 0 Å². The van der Waals surface area contributed by atoms with Crippen molar-refractivity contribution >= 4 is 23.2 Å². The molecule has 0 aliphatic carbocycles. The first-order chi connectivity index (χ1) is 7.69. The summed E-state index contributed by atoms with van der Waals surface area (Å²) in [5.41, 5.74) is 3.25. The average molecular weight is 255 g/mol. The summed E-state index contributed by atoms with van der Waals surface area (Å²) < 4.78 is 1.84. The molecule has 0 aliphatic heterocycles. The third-order valence-corrected chi connectivity index (χ3v) is 3.04. The largest absolute Gasteiger partial charge is 0.268 e. The molecule has 0 amide bonds. The van der Waals surface area contributed by atoms with E-state index in [0.29, 0.717) is 12.4 Å². The van der Waals surface area contributed by atoms with Gasteiger partial charge in [-0.15, -0.1) is 11.6 Å². The molecule has 84 valence electrons. The van der Waals surface area contributed by atoms with Crippen LogP contribution in [0.3, 0.4) is 0 Å². The van der Waals surface area contributed by atoms with Gasteiger partial charge in [-0.05, 0) is 24.1 Å². The average Bonchev–Trinajstić information content (AvgIpc) is 2.70. The molecule has 2 nitrogen and oxygen atoms in total. The first kappa shape index (κ1) is 11.5. The zero-order valence-corrected chi connectivity index (χ0v) is 10.5. The standard InChI is InChI=1S/C12H12Cl2N2/c1-9-2-3-11(12(14)4-9)8-16-7-10(5-13)6-15-16/h2-4,6-7H,5,8H2,1H3. The van der Waals surface area contributed by atoms with Crippen molar-refractivity contribution in [2.45, 2.75) is 19.3 Å². The Bertz CT molecular complexity index is 492. The number of aryl methyl sites for hydroxylation is 1. The maximum atomic E-state index is 6.15. The highest BCUT2D eigenvalue weighted by Crippen LogP contribution is 2.18. The molecule has 2 rings (SSSR count). The van der Waals surface area contributed by atoms with Crippen LogP contribution < -0.4 is 0 Å². The first-order valence-corrected chi connectivity index (χ1v) is 5.92.